The largest absolute Gasteiger partial charge is 0.394 e. The van der Waals surface area contributed by atoms with Crippen molar-refractivity contribution >= 4 is 53.4 Å². The fourth-order valence-electron chi connectivity index (χ4n) is 7.90. The fraction of sp³-hybridized carbons (Fsp3) is 0.531. The Kier molecular flexibility index (Phi) is 8.06. The van der Waals surface area contributed by atoms with Crippen molar-refractivity contribution in [2.24, 2.45) is 5.92 Å². The third-order valence-corrected chi connectivity index (χ3v) is 12.8. The van der Waals surface area contributed by atoms with Crippen molar-refractivity contribution in [2.45, 2.75) is 82.0 Å². The van der Waals surface area contributed by atoms with E-state index in [9.17, 15) is 19.5 Å². The Balaban J connectivity index is 1.32. The highest BCUT2D eigenvalue weighted by Crippen LogP contribution is 2.60. The summed E-state index contributed by atoms with van der Waals surface area (Å²) in [4.78, 5) is 45.5. The first-order valence-corrected chi connectivity index (χ1v) is 19.0. The van der Waals surface area contributed by atoms with Gasteiger partial charge in [-0.3, -0.25) is 14.4 Å². The smallest absolute Gasteiger partial charge is 0.264 e. The lowest BCUT2D eigenvalue weighted by molar-refractivity contribution is -0.150. The molecule has 4 aliphatic rings. The van der Waals surface area contributed by atoms with Crippen LogP contribution in [0.5, 0.6) is 0 Å². The molecule has 230 valence electrons. The SMILES string of the molecule is C[C@H]1[C@H]([Si](C)(C)F)[C@@H](CC(=O)N2CCC[C@H]2CO)O[C@]12C(=O)N(Cc1ccc(N3CCCC3=O)cc1)c1ccc(Br)cc12. The number of carbonyl (C=O) groups is 3. The number of rotatable bonds is 7. The summed E-state index contributed by atoms with van der Waals surface area (Å²) in [5, 5.41) is 9.79. The van der Waals surface area contributed by atoms with Gasteiger partial charge in [0.2, 0.25) is 20.2 Å². The molecule has 43 heavy (non-hydrogen) atoms. The molecule has 11 heteroatoms. The fourth-order valence-corrected chi connectivity index (χ4v) is 10.8. The second-order valence-electron chi connectivity index (χ2n) is 12.9. The number of carbonyl (C=O) groups excluding carboxylic acids is 3. The number of amides is 3. The summed E-state index contributed by atoms with van der Waals surface area (Å²) < 4.78 is 23.7. The number of ether oxygens (including phenoxy) is 1. The molecule has 5 atom stereocenters. The molecule has 0 unspecified atom stereocenters. The molecule has 8 nitrogen and oxygen atoms in total. The molecular formula is C32H39BrFN3O5Si. The minimum Gasteiger partial charge on any atom is -0.394 e. The molecule has 0 aliphatic carbocycles. The Bertz CT molecular complexity index is 1440. The Morgan fingerprint density at radius 1 is 1.14 bits per heavy atom. The first-order chi connectivity index (χ1) is 20.5. The van der Waals surface area contributed by atoms with E-state index >= 15 is 4.11 Å². The molecular weight excluding hydrogens is 633 g/mol. The van der Waals surface area contributed by atoms with E-state index in [1.165, 1.54) is 0 Å². The average Bonchev–Trinajstić information content (AvgIpc) is 3.72. The van der Waals surface area contributed by atoms with Crippen molar-refractivity contribution in [3.8, 4) is 0 Å². The minimum atomic E-state index is -3.42. The predicted molar refractivity (Wildman–Crippen MR) is 168 cm³/mol. The van der Waals surface area contributed by atoms with Crippen molar-refractivity contribution in [3.05, 3.63) is 58.1 Å². The van der Waals surface area contributed by atoms with Crippen LogP contribution in [0.4, 0.5) is 15.5 Å². The normalized spacial score (nSPS) is 28.9. The van der Waals surface area contributed by atoms with Crippen LogP contribution in [0.2, 0.25) is 18.6 Å². The lowest BCUT2D eigenvalue weighted by Gasteiger charge is -2.31. The number of benzene rings is 2. The summed E-state index contributed by atoms with van der Waals surface area (Å²) in [5.41, 5.74) is 1.13. The molecule has 4 heterocycles. The van der Waals surface area contributed by atoms with Gasteiger partial charge in [0.15, 0.2) is 5.60 Å². The van der Waals surface area contributed by atoms with Crippen LogP contribution in [0, 0.1) is 5.92 Å². The third kappa shape index (κ3) is 5.15. The van der Waals surface area contributed by atoms with Gasteiger partial charge in [0.05, 0.1) is 37.4 Å². The molecule has 2 aromatic rings. The van der Waals surface area contributed by atoms with Crippen molar-refractivity contribution < 1.29 is 28.3 Å². The van der Waals surface area contributed by atoms with Crippen LogP contribution >= 0.6 is 15.9 Å². The summed E-state index contributed by atoms with van der Waals surface area (Å²) in [6, 6.07) is 13.1. The predicted octanol–water partition coefficient (Wildman–Crippen LogP) is 5.27. The number of aliphatic hydroxyl groups excluding tert-OH is 1. The zero-order valence-corrected chi connectivity index (χ0v) is 27.5. The standard InChI is InChI=1S/C32H39BrFN3O5Si/c1-20-30(43(2,3)34)27(17-29(40)36-14-4-6-24(36)19-38)42-32(20)25-16-22(33)10-13-26(25)37(31(32)41)18-21-8-11-23(12-9-21)35-15-5-7-28(35)39/h8-13,16,20,24,27,30,38H,4-7,14-15,17-19H2,1-3H3/t20-,24-,27+,30-,32+/m0/s1. The van der Waals surface area contributed by atoms with Crippen LogP contribution in [-0.2, 0) is 31.3 Å². The van der Waals surface area contributed by atoms with E-state index in [1.807, 2.05) is 49.4 Å². The monoisotopic (exact) mass is 671 g/mol. The van der Waals surface area contributed by atoms with Crippen LogP contribution in [0.3, 0.4) is 0 Å². The number of hydrogen-bond acceptors (Lipinski definition) is 5. The summed E-state index contributed by atoms with van der Waals surface area (Å²) in [7, 11) is -3.42. The zero-order chi connectivity index (χ0) is 30.7. The number of fused-ring (bicyclic) bond motifs is 2. The Morgan fingerprint density at radius 2 is 1.88 bits per heavy atom. The Labute approximate surface area is 261 Å². The van der Waals surface area contributed by atoms with Gasteiger partial charge in [-0.1, -0.05) is 35.0 Å². The van der Waals surface area contributed by atoms with Gasteiger partial charge in [-0.2, -0.15) is 0 Å². The number of nitrogens with zero attached hydrogens (tertiary/aromatic N) is 3. The second-order valence-corrected chi connectivity index (χ2v) is 17.6. The molecule has 0 radical (unpaired) electrons. The van der Waals surface area contributed by atoms with Gasteiger partial charge >= 0.3 is 0 Å². The summed E-state index contributed by atoms with van der Waals surface area (Å²) in [5.74, 6) is -0.796. The minimum absolute atomic E-state index is 0.0269. The van der Waals surface area contributed by atoms with E-state index in [1.54, 1.807) is 27.8 Å². The molecule has 1 N–H and O–H groups in total. The van der Waals surface area contributed by atoms with Crippen LogP contribution < -0.4 is 9.80 Å². The number of likely N-dealkylation sites (tertiary alicyclic amines) is 1. The van der Waals surface area contributed by atoms with Crippen molar-refractivity contribution in [1.82, 2.24) is 4.90 Å². The van der Waals surface area contributed by atoms with Gasteiger partial charge in [-0.05, 0) is 68.3 Å². The lowest BCUT2D eigenvalue weighted by Crippen LogP contribution is -2.45. The number of hydrogen-bond donors (Lipinski definition) is 1. The maximum atomic E-state index is 16.2. The van der Waals surface area contributed by atoms with Crippen molar-refractivity contribution in [2.75, 3.05) is 29.5 Å². The summed E-state index contributed by atoms with van der Waals surface area (Å²) in [6.07, 6.45) is 2.18. The molecule has 3 saturated heterocycles. The molecule has 2 aromatic carbocycles. The molecule has 0 saturated carbocycles. The Morgan fingerprint density at radius 3 is 2.53 bits per heavy atom. The average molecular weight is 673 g/mol. The van der Waals surface area contributed by atoms with Gasteiger partial charge in [-0.15, -0.1) is 0 Å². The van der Waals surface area contributed by atoms with E-state index in [4.69, 9.17) is 4.74 Å². The number of aliphatic hydroxyl groups is 1. The molecule has 3 fully saturated rings. The molecule has 6 rings (SSSR count). The van der Waals surface area contributed by atoms with E-state index < -0.39 is 31.6 Å². The first kappa shape index (κ1) is 30.4. The highest BCUT2D eigenvalue weighted by Gasteiger charge is 2.67. The third-order valence-electron chi connectivity index (χ3n) is 9.87. The molecule has 1 spiro atoms. The van der Waals surface area contributed by atoms with Crippen LogP contribution in [0.1, 0.15) is 50.2 Å². The Hall–Kier alpha value is -2.60. The van der Waals surface area contributed by atoms with Crippen LogP contribution in [0.15, 0.2) is 46.9 Å². The summed E-state index contributed by atoms with van der Waals surface area (Å²) >= 11 is 3.57. The summed E-state index contributed by atoms with van der Waals surface area (Å²) in [6.45, 7) is 6.61. The quantitative estimate of drug-likeness (QED) is 0.320. The number of halogens is 2. The van der Waals surface area contributed by atoms with Gasteiger partial charge in [0.25, 0.3) is 5.91 Å². The number of anilines is 2. The van der Waals surface area contributed by atoms with E-state index in [2.05, 4.69) is 15.9 Å². The maximum Gasteiger partial charge on any atom is 0.264 e. The zero-order valence-electron chi connectivity index (χ0n) is 24.9. The molecule has 4 aliphatic heterocycles. The van der Waals surface area contributed by atoms with Gasteiger partial charge in [0, 0.05) is 46.7 Å². The van der Waals surface area contributed by atoms with Gasteiger partial charge in [0.1, 0.15) is 0 Å². The molecule has 0 bridgehead atoms. The van der Waals surface area contributed by atoms with E-state index in [0.717, 1.165) is 35.0 Å². The highest BCUT2D eigenvalue weighted by atomic mass is 79.9. The topological polar surface area (TPSA) is 90.4 Å². The van der Waals surface area contributed by atoms with E-state index in [0.29, 0.717) is 30.8 Å². The molecule has 3 amide bonds. The van der Waals surface area contributed by atoms with E-state index in [-0.39, 0.29) is 43.3 Å². The first-order valence-electron chi connectivity index (χ1n) is 15.2. The maximum absolute atomic E-state index is 16.2. The highest BCUT2D eigenvalue weighted by molar-refractivity contribution is 9.10. The van der Waals surface area contributed by atoms with Crippen LogP contribution in [-0.4, -0.2) is 68.0 Å². The van der Waals surface area contributed by atoms with Crippen LogP contribution in [0.25, 0.3) is 0 Å². The molecule has 0 aromatic heterocycles. The lowest BCUT2D eigenvalue weighted by atomic mass is 9.82. The van der Waals surface area contributed by atoms with Crippen molar-refractivity contribution in [1.29, 1.82) is 0 Å². The second kappa shape index (κ2) is 11.4. The van der Waals surface area contributed by atoms with Gasteiger partial charge in [-0.25, -0.2) is 0 Å². The van der Waals surface area contributed by atoms with Crippen molar-refractivity contribution in [3.63, 3.8) is 0 Å². The van der Waals surface area contributed by atoms with Gasteiger partial charge < -0.3 is 28.7 Å².